The number of aromatic amines is 1. The smallest absolute Gasteiger partial charge is 0.319 e. The molecule has 0 bridgehead atoms. The van der Waals surface area contributed by atoms with Crippen molar-refractivity contribution in [3.8, 4) is 11.3 Å². The third kappa shape index (κ3) is 4.11. The number of nitrogens with one attached hydrogen (secondary N) is 3. The highest BCUT2D eigenvalue weighted by molar-refractivity contribution is 5.90. The number of rotatable bonds is 4. The average Bonchev–Trinajstić information content (AvgIpc) is 3.02. The first-order chi connectivity index (χ1) is 12.0. The zero-order chi connectivity index (χ0) is 17.8. The van der Waals surface area contributed by atoms with E-state index in [0.717, 1.165) is 11.1 Å². The standard InChI is InChI=1S/C17H18N6O2/c1-11(13-9-18-23(2)10-13)19-17(25)20-14-5-3-4-12(8-14)15-6-7-16(24)22-21-15/h3-11H,1-2H3,(H,22,24)(H2,19,20,25). The molecule has 1 aromatic carbocycles. The van der Waals surface area contributed by atoms with E-state index in [0.29, 0.717) is 11.4 Å². The number of nitrogens with zero attached hydrogens (tertiary/aromatic N) is 3. The molecule has 2 heterocycles. The number of hydrogen-bond donors (Lipinski definition) is 3. The van der Waals surface area contributed by atoms with Crippen LogP contribution in [-0.2, 0) is 7.05 Å². The highest BCUT2D eigenvalue weighted by Crippen LogP contribution is 2.20. The lowest BCUT2D eigenvalue weighted by molar-refractivity contribution is 0.249. The lowest BCUT2D eigenvalue weighted by Crippen LogP contribution is -2.31. The Morgan fingerprint density at radius 1 is 1.28 bits per heavy atom. The molecule has 8 heteroatoms. The lowest BCUT2D eigenvalue weighted by Gasteiger charge is -2.13. The second kappa shape index (κ2) is 7.00. The van der Waals surface area contributed by atoms with Crippen LogP contribution in [0.5, 0.6) is 0 Å². The molecule has 0 aliphatic carbocycles. The van der Waals surface area contributed by atoms with Crippen LogP contribution < -0.4 is 16.2 Å². The maximum absolute atomic E-state index is 12.2. The molecular weight excluding hydrogens is 320 g/mol. The van der Waals surface area contributed by atoms with Crippen LogP contribution in [-0.4, -0.2) is 26.0 Å². The predicted molar refractivity (Wildman–Crippen MR) is 94.1 cm³/mol. The number of hydrogen-bond acceptors (Lipinski definition) is 4. The van der Waals surface area contributed by atoms with Crippen molar-refractivity contribution in [3.05, 3.63) is 64.7 Å². The summed E-state index contributed by atoms with van der Waals surface area (Å²) in [6, 6.07) is 9.77. The average molecular weight is 338 g/mol. The van der Waals surface area contributed by atoms with E-state index in [9.17, 15) is 9.59 Å². The summed E-state index contributed by atoms with van der Waals surface area (Å²) in [4.78, 5) is 23.3. The number of carbonyl (C=O) groups is 1. The second-order valence-electron chi connectivity index (χ2n) is 5.65. The van der Waals surface area contributed by atoms with Gasteiger partial charge in [-0.15, -0.1) is 0 Å². The van der Waals surface area contributed by atoms with E-state index in [1.54, 1.807) is 29.1 Å². The number of aromatic nitrogens is 4. The van der Waals surface area contributed by atoms with Gasteiger partial charge in [-0.1, -0.05) is 12.1 Å². The first-order valence-electron chi connectivity index (χ1n) is 7.73. The number of urea groups is 1. The molecule has 0 aliphatic rings. The molecule has 0 spiro atoms. The summed E-state index contributed by atoms with van der Waals surface area (Å²) in [6.07, 6.45) is 3.57. The van der Waals surface area contributed by atoms with Crippen molar-refractivity contribution in [1.29, 1.82) is 0 Å². The van der Waals surface area contributed by atoms with Crippen LogP contribution >= 0.6 is 0 Å². The van der Waals surface area contributed by atoms with Gasteiger partial charge in [0.15, 0.2) is 0 Å². The number of benzene rings is 1. The number of anilines is 1. The molecule has 1 unspecified atom stereocenters. The maximum Gasteiger partial charge on any atom is 0.319 e. The molecule has 0 saturated carbocycles. The quantitative estimate of drug-likeness (QED) is 0.677. The molecule has 2 aromatic heterocycles. The Balaban J connectivity index is 1.68. The van der Waals surface area contributed by atoms with Gasteiger partial charge in [0.25, 0.3) is 5.56 Å². The third-order valence-electron chi connectivity index (χ3n) is 3.67. The van der Waals surface area contributed by atoms with Gasteiger partial charge in [-0.2, -0.15) is 10.2 Å². The summed E-state index contributed by atoms with van der Waals surface area (Å²) in [6.45, 7) is 1.89. The summed E-state index contributed by atoms with van der Waals surface area (Å²) in [7, 11) is 1.83. The van der Waals surface area contributed by atoms with Crippen molar-refractivity contribution in [3.63, 3.8) is 0 Å². The monoisotopic (exact) mass is 338 g/mol. The van der Waals surface area contributed by atoms with Crippen LogP contribution in [0.3, 0.4) is 0 Å². The fraction of sp³-hybridized carbons (Fsp3) is 0.176. The maximum atomic E-state index is 12.2. The summed E-state index contributed by atoms with van der Waals surface area (Å²) in [5, 5.41) is 16.1. The van der Waals surface area contributed by atoms with Crippen LogP contribution in [0.4, 0.5) is 10.5 Å². The highest BCUT2D eigenvalue weighted by atomic mass is 16.2. The minimum absolute atomic E-state index is 0.169. The SMILES string of the molecule is CC(NC(=O)Nc1cccc(-c2ccc(=O)[nH]n2)c1)c1cnn(C)c1. The van der Waals surface area contributed by atoms with Crippen molar-refractivity contribution in [2.24, 2.45) is 7.05 Å². The van der Waals surface area contributed by atoms with E-state index >= 15 is 0 Å². The van der Waals surface area contributed by atoms with Crippen molar-refractivity contribution in [2.75, 3.05) is 5.32 Å². The normalized spacial score (nSPS) is 11.8. The van der Waals surface area contributed by atoms with Gasteiger partial charge in [0.1, 0.15) is 0 Å². The van der Waals surface area contributed by atoms with Gasteiger partial charge >= 0.3 is 6.03 Å². The summed E-state index contributed by atoms with van der Waals surface area (Å²) < 4.78 is 1.69. The molecule has 2 amide bonds. The molecule has 3 N–H and O–H groups in total. The Hall–Kier alpha value is -3.42. The van der Waals surface area contributed by atoms with E-state index in [1.165, 1.54) is 6.07 Å². The zero-order valence-electron chi connectivity index (χ0n) is 13.9. The van der Waals surface area contributed by atoms with E-state index < -0.39 is 0 Å². The van der Waals surface area contributed by atoms with Gasteiger partial charge in [-0.25, -0.2) is 9.89 Å². The van der Waals surface area contributed by atoms with E-state index in [2.05, 4.69) is 25.9 Å². The van der Waals surface area contributed by atoms with Gasteiger partial charge in [0, 0.05) is 36.1 Å². The third-order valence-corrected chi connectivity index (χ3v) is 3.67. The second-order valence-corrected chi connectivity index (χ2v) is 5.65. The first kappa shape index (κ1) is 16.4. The fourth-order valence-electron chi connectivity index (χ4n) is 2.37. The zero-order valence-corrected chi connectivity index (χ0v) is 13.9. The van der Waals surface area contributed by atoms with Gasteiger partial charge in [-0.05, 0) is 25.1 Å². The van der Waals surface area contributed by atoms with Crippen molar-refractivity contribution in [2.45, 2.75) is 13.0 Å². The van der Waals surface area contributed by atoms with E-state index in [4.69, 9.17) is 0 Å². The van der Waals surface area contributed by atoms with Crippen molar-refractivity contribution >= 4 is 11.7 Å². The molecule has 3 aromatic rings. The molecule has 0 fully saturated rings. The topological polar surface area (TPSA) is 105 Å². The molecule has 0 radical (unpaired) electrons. The Morgan fingerprint density at radius 3 is 2.80 bits per heavy atom. The minimum Gasteiger partial charge on any atom is -0.331 e. The molecule has 128 valence electrons. The van der Waals surface area contributed by atoms with Gasteiger partial charge in [0.05, 0.1) is 17.9 Å². The number of amides is 2. The lowest BCUT2D eigenvalue weighted by atomic mass is 10.1. The number of H-pyrrole nitrogens is 1. The van der Waals surface area contributed by atoms with Gasteiger partial charge in [-0.3, -0.25) is 9.48 Å². The largest absolute Gasteiger partial charge is 0.331 e. The number of aryl methyl sites for hydroxylation is 1. The minimum atomic E-state index is -0.317. The van der Waals surface area contributed by atoms with Crippen molar-refractivity contribution < 1.29 is 4.79 Å². The van der Waals surface area contributed by atoms with Crippen LogP contribution in [0.1, 0.15) is 18.5 Å². The van der Waals surface area contributed by atoms with Gasteiger partial charge in [0.2, 0.25) is 0 Å². The summed E-state index contributed by atoms with van der Waals surface area (Å²) in [5.74, 6) is 0. The Bertz CT molecular complexity index is 926. The van der Waals surface area contributed by atoms with Crippen LogP contribution in [0.15, 0.2) is 53.6 Å². The summed E-state index contributed by atoms with van der Waals surface area (Å²) >= 11 is 0. The Labute approximate surface area is 143 Å². The van der Waals surface area contributed by atoms with Gasteiger partial charge < -0.3 is 10.6 Å². The molecule has 25 heavy (non-hydrogen) atoms. The molecular formula is C17H18N6O2. The highest BCUT2D eigenvalue weighted by Gasteiger charge is 2.11. The predicted octanol–water partition coefficient (Wildman–Crippen LogP) is 2.05. The molecule has 1 atom stereocenters. The molecule has 0 aliphatic heterocycles. The summed E-state index contributed by atoms with van der Waals surface area (Å²) in [5.41, 5.74) is 2.69. The fourth-order valence-corrected chi connectivity index (χ4v) is 2.37. The van der Waals surface area contributed by atoms with E-state index in [1.807, 2.05) is 32.3 Å². The van der Waals surface area contributed by atoms with Crippen LogP contribution in [0, 0.1) is 0 Å². The Kier molecular flexibility index (Phi) is 4.60. The molecule has 0 saturated heterocycles. The van der Waals surface area contributed by atoms with Crippen molar-refractivity contribution in [1.82, 2.24) is 25.3 Å². The Morgan fingerprint density at radius 2 is 2.12 bits per heavy atom. The number of carbonyl (C=O) groups excluding carboxylic acids is 1. The van der Waals surface area contributed by atoms with E-state index in [-0.39, 0.29) is 17.6 Å². The van der Waals surface area contributed by atoms with Crippen LogP contribution in [0.2, 0.25) is 0 Å². The van der Waals surface area contributed by atoms with Crippen LogP contribution in [0.25, 0.3) is 11.3 Å². The first-order valence-corrected chi connectivity index (χ1v) is 7.73. The molecule has 3 rings (SSSR count). The molecule has 8 nitrogen and oxygen atoms in total.